The number of likely N-dealkylation sites (tertiary alicyclic amines) is 1. The number of carbonyl (C=O) groups excluding carboxylic acids is 2. The van der Waals surface area contributed by atoms with Gasteiger partial charge in [-0.3, -0.25) is 9.59 Å². The molecule has 0 radical (unpaired) electrons. The van der Waals surface area contributed by atoms with Gasteiger partial charge < -0.3 is 10.2 Å². The molecule has 1 N–H and O–H groups in total. The summed E-state index contributed by atoms with van der Waals surface area (Å²) in [7, 11) is -0.403. The van der Waals surface area contributed by atoms with Crippen molar-refractivity contribution in [3.8, 4) is 0 Å². The summed E-state index contributed by atoms with van der Waals surface area (Å²) in [5.74, 6) is -0.427. The molecule has 1 saturated heterocycles. The van der Waals surface area contributed by atoms with Crippen molar-refractivity contribution in [2.45, 2.75) is 24.7 Å². The normalized spacial score (nSPS) is 17.8. The van der Waals surface area contributed by atoms with E-state index in [1.54, 1.807) is 19.0 Å². The first-order chi connectivity index (χ1) is 11.8. The molecule has 0 aliphatic carbocycles. The number of benzene rings is 1. The highest BCUT2D eigenvalue weighted by atomic mass is 32.2. The van der Waals surface area contributed by atoms with Gasteiger partial charge in [-0.15, -0.1) is 0 Å². The van der Waals surface area contributed by atoms with E-state index in [0.29, 0.717) is 31.6 Å². The van der Waals surface area contributed by atoms with Gasteiger partial charge in [0, 0.05) is 39.3 Å². The molecule has 1 aliphatic rings. The number of nitrogens with one attached hydrogen (secondary N) is 1. The largest absolute Gasteiger partial charge is 0.359 e. The topological polar surface area (TPSA) is 86.8 Å². The van der Waals surface area contributed by atoms with E-state index in [2.05, 4.69) is 5.32 Å². The maximum absolute atomic E-state index is 12.5. The van der Waals surface area contributed by atoms with E-state index in [1.807, 2.05) is 6.92 Å². The minimum Gasteiger partial charge on any atom is -0.359 e. The van der Waals surface area contributed by atoms with Crippen LogP contribution in [0, 0.1) is 5.92 Å². The molecule has 0 unspecified atom stereocenters. The van der Waals surface area contributed by atoms with Gasteiger partial charge in [-0.1, -0.05) is 6.92 Å². The SMILES string of the molecule is CCCN(C)S(=O)(=O)c1ccc(C(=O)N2CC[C@@H](C(=O)NC)C2)cc1. The molecule has 1 fully saturated rings. The van der Waals surface area contributed by atoms with E-state index in [9.17, 15) is 18.0 Å². The summed E-state index contributed by atoms with van der Waals surface area (Å²) in [5, 5.41) is 2.60. The maximum atomic E-state index is 12.5. The number of carbonyl (C=O) groups is 2. The van der Waals surface area contributed by atoms with Crippen molar-refractivity contribution >= 4 is 21.8 Å². The van der Waals surface area contributed by atoms with E-state index in [4.69, 9.17) is 0 Å². The molecule has 1 aromatic rings. The molecule has 8 heteroatoms. The predicted octanol–water partition coefficient (Wildman–Crippen LogP) is 0.925. The Labute approximate surface area is 149 Å². The van der Waals surface area contributed by atoms with Gasteiger partial charge in [0.2, 0.25) is 15.9 Å². The first-order valence-corrected chi connectivity index (χ1v) is 9.82. The average molecular weight is 367 g/mol. The fraction of sp³-hybridized carbons (Fsp3) is 0.529. The lowest BCUT2D eigenvalue weighted by molar-refractivity contribution is -0.124. The van der Waals surface area contributed by atoms with Crippen LogP contribution in [-0.4, -0.2) is 63.2 Å². The van der Waals surface area contributed by atoms with Gasteiger partial charge in [-0.05, 0) is 37.1 Å². The zero-order chi connectivity index (χ0) is 18.6. The molecule has 1 heterocycles. The number of amides is 2. The van der Waals surface area contributed by atoms with Crippen LogP contribution in [0.4, 0.5) is 0 Å². The number of rotatable bonds is 6. The molecule has 7 nitrogen and oxygen atoms in total. The zero-order valence-electron chi connectivity index (χ0n) is 14.9. The highest BCUT2D eigenvalue weighted by molar-refractivity contribution is 7.89. The molecule has 0 aromatic heterocycles. The summed E-state index contributed by atoms with van der Waals surface area (Å²) in [6, 6.07) is 5.98. The smallest absolute Gasteiger partial charge is 0.253 e. The van der Waals surface area contributed by atoms with Crippen molar-refractivity contribution in [3.05, 3.63) is 29.8 Å². The van der Waals surface area contributed by atoms with Crippen molar-refractivity contribution in [2.75, 3.05) is 33.7 Å². The predicted molar refractivity (Wildman–Crippen MR) is 94.6 cm³/mol. The number of nitrogens with zero attached hydrogens (tertiary/aromatic N) is 2. The standard InChI is InChI=1S/C17H25N3O4S/c1-4-10-19(3)25(23,24)15-7-5-13(6-8-15)17(22)20-11-9-14(12-20)16(21)18-2/h5-8,14H,4,9-12H2,1-3H3,(H,18,21)/t14-/m1/s1. The number of hydrogen-bond donors (Lipinski definition) is 1. The first-order valence-electron chi connectivity index (χ1n) is 8.38. The quantitative estimate of drug-likeness (QED) is 0.810. The lowest BCUT2D eigenvalue weighted by Gasteiger charge is -2.18. The third kappa shape index (κ3) is 4.19. The fourth-order valence-electron chi connectivity index (χ4n) is 2.93. The molecule has 0 spiro atoms. The Hall–Kier alpha value is -1.93. The van der Waals surface area contributed by atoms with Crippen LogP contribution in [0.2, 0.25) is 0 Å². The van der Waals surface area contributed by atoms with E-state index in [-0.39, 0.29) is 22.6 Å². The second kappa shape index (κ2) is 7.97. The van der Waals surface area contributed by atoms with Crippen LogP contribution in [0.25, 0.3) is 0 Å². The molecule has 138 valence electrons. The summed E-state index contributed by atoms with van der Waals surface area (Å²) in [6.07, 6.45) is 1.37. The maximum Gasteiger partial charge on any atom is 0.253 e. The zero-order valence-corrected chi connectivity index (χ0v) is 15.7. The van der Waals surface area contributed by atoms with Crippen LogP contribution < -0.4 is 5.32 Å². The van der Waals surface area contributed by atoms with Gasteiger partial charge in [-0.2, -0.15) is 0 Å². The van der Waals surface area contributed by atoms with Gasteiger partial charge in [0.15, 0.2) is 0 Å². The Kier molecular flexibility index (Phi) is 6.18. The molecule has 0 saturated carbocycles. The highest BCUT2D eigenvalue weighted by Gasteiger charge is 2.31. The van der Waals surface area contributed by atoms with Crippen LogP contribution >= 0.6 is 0 Å². The molecule has 25 heavy (non-hydrogen) atoms. The van der Waals surface area contributed by atoms with Gasteiger partial charge in [0.25, 0.3) is 5.91 Å². The van der Waals surface area contributed by atoms with Gasteiger partial charge in [0.05, 0.1) is 10.8 Å². The Balaban J connectivity index is 2.10. The van der Waals surface area contributed by atoms with E-state index in [1.165, 1.54) is 28.6 Å². The fourth-order valence-corrected chi connectivity index (χ4v) is 4.19. The van der Waals surface area contributed by atoms with Gasteiger partial charge in [0.1, 0.15) is 0 Å². The molecular weight excluding hydrogens is 342 g/mol. The summed E-state index contributed by atoms with van der Waals surface area (Å²) in [6.45, 7) is 3.27. The summed E-state index contributed by atoms with van der Waals surface area (Å²) < 4.78 is 26.1. The van der Waals surface area contributed by atoms with Crippen LogP contribution in [0.15, 0.2) is 29.2 Å². The van der Waals surface area contributed by atoms with Crippen LogP contribution in [0.5, 0.6) is 0 Å². The van der Waals surface area contributed by atoms with Crippen molar-refractivity contribution in [1.29, 1.82) is 0 Å². The average Bonchev–Trinajstić information content (AvgIpc) is 3.10. The minimum atomic E-state index is -3.53. The number of hydrogen-bond acceptors (Lipinski definition) is 4. The van der Waals surface area contributed by atoms with E-state index < -0.39 is 10.0 Å². The second-order valence-electron chi connectivity index (χ2n) is 6.20. The molecule has 1 aliphatic heterocycles. The van der Waals surface area contributed by atoms with Crippen molar-refractivity contribution in [1.82, 2.24) is 14.5 Å². The summed E-state index contributed by atoms with van der Waals surface area (Å²) in [4.78, 5) is 26.0. The first kappa shape index (κ1) is 19.4. The molecule has 0 bridgehead atoms. The third-order valence-electron chi connectivity index (χ3n) is 4.44. The molecule has 1 atom stereocenters. The number of sulfonamides is 1. The Morgan fingerprint density at radius 1 is 1.28 bits per heavy atom. The summed E-state index contributed by atoms with van der Waals surface area (Å²) in [5.41, 5.74) is 0.426. The van der Waals surface area contributed by atoms with Gasteiger partial charge >= 0.3 is 0 Å². The minimum absolute atomic E-state index is 0.0595. The Morgan fingerprint density at radius 2 is 1.92 bits per heavy atom. The molecule has 1 aromatic carbocycles. The molecule has 2 rings (SSSR count). The van der Waals surface area contributed by atoms with Crippen LogP contribution in [0.1, 0.15) is 30.1 Å². The van der Waals surface area contributed by atoms with Crippen molar-refractivity contribution in [2.24, 2.45) is 5.92 Å². The van der Waals surface area contributed by atoms with Crippen LogP contribution in [-0.2, 0) is 14.8 Å². The Bertz CT molecular complexity index is 731. The third-order valence-corrected chi connectivity index (χ3v) is 6.31. The van der Waals surface area contributed by atoms with Crippen molar-refractivity contribution in [3.63, 3.8) is 0 Å². The lowest BCUT2D eigenvalue weighted by atomic mass is 10.1. The monoisotopic (exact) mass is 367 g/mol. The summed E-state index contributed by atoms with van der Waals surface area (Å²) >= 11 is 0. The lowest BCUT2D eigenvalue weighted by Crippen LogP contribution is -2.33. The highest BCUT2D eigenvalue weighted by Crippen LogP contribution is 2.21. The van der Waals surface area contributed by atoms with E-state index >= 15 is 0 Å². The second-order valence-corrected chi connectivity index (χ2v) is 8.25. The van der Waals surface area contributed by atoms with Gasteiger partial charge in [-0.25, -0.2) is 12.7 Å². The van der Waals surface area contributed by atoms with E-state index in [0.717, 1.165) is 6.42 Å². The van der Waals surface area contributed by atoms with Crippen LogP contribution in [0.3, 0.4) is 0 Å². The molecular formula is C17H25N3O4S. The molecule has 2 amide bonds. The van der Waals surface area contributed by atoms with Crippen molar-refractivity contribution < 1.29 is 18.0 Å². The Morgan fingerprint density at radius 3 is 2.48 bits per heavy atom.